The van der Waals surface area contributed by atoms with Crippen molar-refractivity contribution in [3.05, 3.63) is 28.7 Å². The first-order valence-electron chi connectivity index (χ1n) is 8.48. The highest BCUT2D eigenvalue weighted by atomic mass is 32.2. The number of nitrogens with zero attached hydrogens (tertiary/aromatic N) is 2. The second-order valence-corrected chi connectivity index (χ2v) is 7.00. The lowest BCUT2D eigenvalue weighted by atomic mass is 10.1. The Kier molecular flexibility index (Phi) is 5.51. The molecular weight excluding hydrogens is 356 g/mol. The van der Waals surface area contributed by atoms with E-state index >= 15 is 0 Å². The monoisotopic (exact) mass is 376 g/mol. The quantitative estimate of drug-likeness (QED) is 0.795. The van der Waals surface area contributed by atoms with Crippen molar-refractivity contribution in [1.29, 1.82) is 0 Å². The molecular formula is C18H20N2O5S. The standard InChI is InChI=1S/C18H20N2O5S/c1-2-25-13-5-6-14(21)12(9-13)10-15-17(23)20(18(24)26-15)11-16(22)19-7-3-4-8-19/h5-6,9-10,21H,2-4,7-8,11H2,1H3/b15-10-. The van der Waals surface area contributed by atoms with Gasteiger partial charge in [0, 0.05) is 18.7 Å². The zero-order valence-corrected chi connectivity index (χ0v) is 15.3. The number of aromatic hydroxyl groups is 1. The van der Waals surface area contributed by atoms with Crippen LogP contribution < -0.4 is 4.74 Å². The average Bonchev–Trinajstić information content (AvgIpc) is 3.23. The van der Waals surface area contributed by atoms with Crippen LogP contribution in [-0.2, 0) is 9.59 Å². The van der Waals surface area contributed by atoms with Crippen LogP contribution in [0.4, 0.5) is 4.79 Å². The molecule has 2 fully saturated rings. The number of carbonyl (C=O) groups excluding carboxylic acids is 3. The SMILES string of the molecule is CCOc1ccc(O)c(/C=C2\SC(=O)N(CC(=O)N3CCCC3)C2=O)c1. The van der Waals surface area contributed by atoms with Crippen molar-refractivity contribution in [1.82, 2.24) is 9.80 Å². The Balaban J connectivity index is 1.76. The molecule has 138 valence electrons. The molecule has 0 atom stereocenters. The molecule has 0 spiro atoms. The Morgan fingerprint density at radius 1 is 1.31 bits per heavy atom. The lowest BCUT2D eigenvalue weighted by Crippen LogP contribution is -2.40. The Morgan fingerprint density at radius 3 is 2.73 bits per heavy atom. The Morgan fingerprint density at radius 2 is 2.04 bits per heavy atom. The number of rotatable bonds is 5. The minimum Gasteiger partial charge on any atom is -0.507 e. The molecule has 0 aliphatic carbocycles. The van der Waals surface area contributed by atoms with E-state index in [-0.39, 0.29) is 23.1 Å². The van der Waals surface area contributed by atoms with Crippen molar-refractivity contribution >= 4 is 34.9 Å². The van der Waals surface area contributed by atoms with Crippen LogP contribution in [0.2, 0.25) is 0 Å². The number of imide groups is 1. The van der Waals surface area contributed by atoms with Gasteiger partial charge in [-0.05, 0) is 55.8 Å². The maximum absolute atomic E-state index is 12.5. The first kappa shape index (κ1) is 18.3. The predicted octanol–water partition coefficient (Wildman–Crippen LogP) is 2.45. The summed E-state index contributed by atoms with van der Waals surface area (Å²) in [6, 6.07) is 4.69. The van der Waals surface area contributed by atoms with Gasteiger partial charge in [-0.1, -0.05) is 0 Å². The molecule has 2 heterocycles. The van der Waals surface area contributed by atoms with Gasteiger partial charge in [0.25, 0.3) is 11.1 Å². The third-order valence-electron chi connectivity index (χ3n) is 4.22. The van der Waals surface area contributed by atoms with Gasteiger partial charge in [0.15, 0.2) is 0 Å². The molecule has 3 rings (SSSR count). The molecule has 0 radical (unpaired) electrons. The first-order valence-corrected chi connectivity index (χ1v) is 9.30. The van der Waals surface area contributed by atoms with Gasteiger partial charge in [0.05, 0.1) is 11.5 Å². The zero-order chi connectivity index (χ0) is 18.7. The number of hydrogen-bond donors (Lipinski definition) is 1. The summed E-state index contributed by atoms with van der Waals surface area (Å²) in [6.45, 7) is 3.41. The van der Waals surface area contributed by atoms with E-state index in [9.17, 15) is 19.5 Å². The number of likely N-dealkylation sites (tertiary alicyclic amines) is 1. The average molecular weight is 376 g/mol. The summed E-state index contributed by atoms with van der Waals surface area (Å²) < 4.78 is 5.39. The Hall–Kier alpha value is -2.48. The number of phenols is 1. The number of carbonyl (C=O) groups is 3. The number of phenolic OH excluding ortho intramolecular Hbond substituents is 1. The molecule has 7 nitrogen and oxygen atoms in total. The molecule has 26 heavy (non-hydrogen) atoms. The normalized spacial score (nSPS) is 18.9. The molecule has 0 bridgehead atoms. The van der Waals surface area contributed by atoms with E-state index in [1.165, 1.54) is 12.1 Å². The van der Waals surface area contributed by atoms with Crippen LogP contribution in [-0.4, -0.2) is 58.2 Å². The van der Waals surface area contributed by atoms with E-state index in [1.807, 2.05) is 6.92 Å². The van der Waals surface area contributed by atoms with Crippen LogP contribution in [0.15, 0.2) is 23.1 Å². The Bertz CT molecular complexity index is 771. The van der Waals surface area contributed by atoms with E-state index in [2.05, 4.69) is 0 Å². The lowest BCUT2D eigenvalue weighted by Gasteiger charge is -2.18. The van der Waals surface area contributed by atoms with Crippen LogP contribution >= 0.6 is 11.8 Å². The van der Waals surface area contributed by atoms with E-state index in [4.69, 9.17) is 4.74 Å². The van der Waals surface area contributed by atoms with Gasteiger partial charge in [0.2, 0.25) is 5.91 Å². The second kappa shape index (κ2) is 7.82. The Labute approximate surface area is 155 Å². The fourth-order valence-electron chi connectivity index (χ4n) is 2.88. The molecule has 0 saturated carbocycles. The lowest BCUT2D eigenvalue weighted by molar-refractivity contribution is -0.135. The first-order chi connectivity index (χ1) is 12.5. The summed E-state index contributed by atoms with van der Waals surface area (Å²) in [5.41, 5.74) is 0.382. The van der Waals surface area contributed by atoms with Gasteiger partial charge in [-0.15, -0.1) is 0 Å². The topological polar surface area (TPSA) is 87.2 Å². The maximum Gasteiger partial charge on any atom is 0.294 e. The largest absolute Gasteiger partial charge is 0.507 e. The number of thioether (sulfide) groups is 1. The summed E-state index contributed by atoms with van der Waals surface area (Å²) in [7, 11) is 0. The molecule has 8 heteroatoms. The molecule has 0 aromatic heterocycles. The third kappa shape index (κ3) is 3.85. The van der Waals surface area contributed by atoms with Gasteiger partial charge in [-0.2, -0.15) is 0 Å². The van der Waals surface area contributed by atoms with E-state index in [1.54, 1.807) is 17.0 Å². The fraction of sp³-hybridized carbons (Fsp3) is 0.389. The number of benzene rings is 1. The van der Waals surface area contributed by atoms with Crippen molar-refractivity contribution in [2.24, 2.45) is 0 Å². The smallest absolute Gasteiger partial charge is 0.294 e. The van der Waals surface area contributed by atoms with Crippen LogP contribution in [0.1, 0.15) is 25.3 Å². The maximum atomic E-state index is 12.5. The van der Waals surface area contributed by atoms with E-state index in [0.717, 1.165) is 29.5 Å². The highest BCUT2D eigenvalue weighted by Gasteiger charge is 2.37. The minimum absolute atomic E-state index is 0.0200. The highest BCUT2D eigenvalue weighted by Crippen LogP contribution is 2.34. The van der Waals surface area contributed by atoms with Crippen molar-refractivity contribution in [2.75, 3.05) is 26.2 Å². The van der Waals surface area contributed by atoms with Crippen LogP contribution in [0, 0.1) is 0 Å². The third-order valence-corrected chi connectivity index (χ3v) is 5.13. The zero-order valence-electron chi connectivity index (χ0n) is 14.4. The van der Waals surface area contributed by atoms with Gasteiger partial charge < -0.3 is 14.7 Å². The molecule has 1 N–H and O–H groups in total. The number of hydrogen-bond acceptors (Lipinski definition) is 6. The highest BCUT2D eigenvalue weighted by molar-refractivity contribution is 8.18. The molecule has 1 aromatic carbocycles. The van der Waals surface area contributed by atoms with E-state index in [0.29, 0.717) is 31.0 Å². The van der Waals surface area contributed by atoms with Crippen LogP contribution in [0.5, 0.6) is 11.5 Å². The molecule has 2 saturated heterocycles. The second-order valence-electron chi connectivity index (χ2n) is 6.01. The van der Waals surface area contributed by atoms with Crippen molar-refractivity contribution < 1.29 is 24.2 Å². The number of ether oxygens (including phenoxy) is 1. The van der Waals surface area contributed by atoms with Crippen LogP contribution in [0.3, 0.4) is 0 Å². The van der Waals surface area contributed by atoms with Crippen molar-refractivity contribution in [3.63, 3.8) is 0 Å². The number of amides is 3. The molecule has 1 aromatic rings. The fourth-order valence-corrected chi connectivity index (χ4v) is 3.71. The van der Waals surface area contributed by atoms with Gasteiger partial charge in [-0.25, -0.2) is 0 Å². The molecule has 0 unspecified atom stereocenters. The predicted molar refractivity (Wildman–Crippen MR) is 97.8 cm³/mol. The molecule has 3 amide bonds. The summed E-state index contributed by atoms with van der Waals surface area (Å²) in [5.74, 6) is -0.200. The molecule has 2 aliphatic heterocycles. The summed E-state index contributed by atoms with van der Waals surface area (Å²) in [5, 5.41) is 9.51. The minimum atomic E-state index is -0.520. The summed E-state index contributed by atoms with van der Waals surface area (Å²) in [6.07, 6.45) is 3.34. The van der Waals surface area contributed by atoms with Gasteiger partial charge in [-0.3, -0.25) is 19.3 Å². The van der Waals surface area contributed by atoms with Crippen molar-refractivity contribution in [3.8, 4) is 11.5 Å². The van der Waals surface area contributed by atoms with Gasteiger partial charge >= 0.3 is 0 Å². The summed E-state index contributed by atoms with van der Waals surface area (Å²) >= 11 is 0.765. The van der Waals surface area contributed by atoms with E-state index < -0.39 is 11.1 Å². The summed E-state index contributed by atoms with van der Waals surface area (Å²) in [4.78, 5) is 39.7. The van der Waals surface area contributed by atoms with Gasteiger partial charge in [0.1, 0.15) is 18.0 Å². The molecule has 2 aliphatic rings. The van der Waals surface area contributed by atoms with Crippen LogP contribution in [0.25, 0.3) is 6.08 Å². The van der Waals surface area contributed by atoms with Crippen molar-refractivity contribution in [2.45, 2.75) is 19.8 Å².